The van der Waals surface area contributed by atoms with Crippen molar-refractivity contribution >= 4 is 29.1 Å². The molecule has 0 unspecified atom stereocenters. The van der Waals surface area contributed by atoms with Gasteiger partial charge in [-0.3, -0.25) is 14.3 Å². The quantitative estimate of drug-likeness (QED) is 0.572. The van der Waals surface area contributed by atoms with Crippen LogP contribution in [0.25, 0.3) is 11.4 Å². The van der Waals surface area contributed by atoms with Crippen LogP contribution in [0.4, 0.5) is 0 Å². The van der Waals surface area contributed by atoms with Crippen molar-refractivity contribution in [1.82, 2.24) is 24.6 Å². The van der Waals surface area contributed by atoms with Crippen LogP contribution in [0.5, 0.6) is 5.75 Å². The van der Waals surface area contributed by atoms with E-state index in [1.165, 1.54) is 4.68 Å². The molecule has 0 spiro atoms. The van der Waals surface area contributed by atoms with Gasteiger partial charge in [0.1, 0.15) is 5.75 Å². The Morgan fingerprint density at radius 3 is 2.80 bits per heavy atom. The lowest BCUT2D eigenvalue weighted by Gasteiger charge is -2.08. The molecule has 10 heteroatoms. The Hall–Kier alpha value is -2.84. The molecule has 8 nitrogen and oxygen atoms in total. The number of aromatic nitrogens is 4. The second kappa shape index (κ2) is 8.89. The highest BCUT2D eigenvalue weighted by atomic mass is 35.5. The van der Waals surface area contributed by atoms with Crippen molar-refractivity contribution in [1.29, 1.82) is 0 Å². The van der Waals surface area contributed by atoms with Crippen molar-refractivity contribution < 1.29 is 9.53 Å². The highest BCUT2D eigenvalue weighted by Crippen LogP contribution is 2.36. The SMILES string of the molecule is O=C(COc1ccc(Cl)cc1Cl)NCCn1nc(-c2cccnc2)n(C2CC2)c1=O. The Kier molecular flexibility index (Phi) is 6.06. The van der Waals surface area contributed by atoms with Crippen LogP contribution >= 0.6 is 23.2 Å². The number of hydrogen-bond donors (Lipinski definition) is 1. The second-order valence-corrected chi connectivity index (χ2v) is 7.73. The van der Waals surface area contributed by atoms with E-state index in [0.29, 0.717) is 21.6 Å². The summed E-state index contributed by atoms with van der Waals surface area (Å²) in [6.45, 7) is 0.289. The van der Waals surface area contributed by atoms with Crippen LogP contribution in [0.2, 0.25) is 10.0 Å². The van der Waals surface area contributed by atoms with Gasteiger partial charge in [0.05, 0.1) is 11.6 Å². The zero-order valence-corrected chi connectivity index (χ0v) is 17.4. The molecule has 0 bridgehead atoms. The first-order valence-electron chi connectivity index (χ1n) is 9.47. The summed E-state index contributed by atoms with van der Waals surface area (Å²) < 4.78 is 8.49. The average Bonchev–Trinajstić information content (AvgIpc) is 3.52. The predicted octanol–water partition coefficient (Wildman–Crippen LogP) is 2.94. The first kappa shape index (κ1) is 20.4. The molecule has 0 aliphatic heterocycles. The molecule has 30 heavy (non-hydrogen) atoms. The number of amides is 1. The number of rotatable bonds is 8. The molecule has 1 aliphatic carbocycles. The largest absolute Gasteiger partial charge is 0.482 e. The van der Waals surface area contributed by atoms with Crippen molar-refractivity contribution in [3.63, 3.8) is 0 Å². The molecule has 1 fully saturated rings. The van der Waals surface area contributed by atoms with Gasteiger partial charge in [-0.1, -0.05) is 23.2 Å². The van der Waals surface area contributed by atoms with E-state index in [0.717, 1.165) is 18.4 Å². The van der Waals surface area contributed by atoms with Crippen molar-refractivity contribution in [3.8, 4) is 17.1 Å². The third-order valence-corrected chi connectivity index (χ3v) is 5.13. The van der Waals surface area contributed by atoms with Crippen molar-refractivity contribution in [2.45, 2.75) is 25.4 Å². The van der Waals surface area contributed by atoms with Gasteiger partial charge in [-0.15, -0.1) is 5.10 Å². The number of pyridine rings is 1. The molecule has 1 aromatic carbocycles. The maximum Gasteiger partial charge on any atom is 0.346 e. The highest BCUT2D eigenvalue weighted by molar-refractivity contribution is 6.35. The minimum Gasteiger partial charge on any atom is -0.482 e. The van der Waals surface area contributed by atoms with E-state index in [1.807, 2.05) is 12.1 Å². The number of ether oxygens (including phenoxy) is 1. The summed E-state index contributed by atoms with van der Waals surface area (Å²) in [4.78, 5) is 28.9. The van der Waals surface area contributed by atoms with E-state index in [1.54, 1.807) is 35.2 Å². The zero-order chi connectivity index (χ0) is 21.1. The van der Waals surface area contributed by atoms with Gasteiger partial charge in [0.15, 0.2) is 12.4 Å². The summed E-state index contributed by atoms with van der Waals surface area (Å²) in [5.74, 6) is 0.641. The highest BCUT2D eigenvalue weighted by Gasteiger charge is 2.30. The summed E-state index contributed by atoms with van der Waals surface area (Å²) >= 11 is 11.9. The minimum absolute atomic E-state index is 0.175. The molecule has 0 atom stereocenters. The fourth-order valence-electron chi connectivity index (χ4n) is 3.01. The molecule has 3 aromatic rings. The Bertz CT molecular complexity index is 1110. The fraction of sp³-hybridized carbons (Fsp3) is 0.300. The van der Waals surface area contributed by atoms with Crippen LogP contribution in [0.15, 0.2) is 47.5 Å². The Morgan fingerprint density at radius 2 is 2.10 bits per heavy atom. The molecule has 1 amide bonds. The third-order valence-electron chi connectivity index (χ3n) is 4.60. The number of benzene rings is 1. The fourth-order valence-corrected chi connectivity index (χ4v) is 3.47. The van der Waals surface area contributed by atoms with Gasteiger partial charge in [0, 0.05) is 35.6 Å². The Balaban J connectivity index is 1.36. The first-order chi connectivity index (χ1) is 14.5. The van der Waals surface area contributed by atoms with Crippen molar-refractivity contribution in [2.24, 2.45) is 0 Å². The van der Waals surface area contributed by atoms with E-state index in [9.17, 15) is 9.59 Å². The number of nitrogens with one attached hydrogen (secondary N) is 1. The molecule has 2 heterocycles. The standard InChI is InChI=1S/C20H19Cl2N5O3/c21-14-3-6-17(16(22)10-14)30-12-18(28)24-8-9-26-20(29)27(15-4-5-15)19(25-26)13-2-1-7-23-11-13/h1-3,6-7,10-11,15H,4-5,8-9,12H2,(H,24,28). The molecule has 1 aliphatic rings. The molecular formula is C20H19Cl2N5O3. The number of nitrogens with zero attached hydrogens (tertiary/aromatic N) is 4. The summed E-state index contributed by atoms with van der Waals surface area (Å²) in [5.41, 5.74) is 0.604. The maximum absolute atomic E-state index is 12.8. The topological polar surface area (TPSA) is 91.0 Å². The summed E-state index contributed by atoms with van der Waals surface area (Å²) in [5, 5.41) is 8.00. The molecule has 2 aromatic heterocycles. The maximum atomic E-state index is 12.8. The monoisotopic (exact) mass is 447 g/mol. The van der Waals surface area contributed by atoms with E-state index in [4.69, 9.17) is 27.9 Å². The van der Waals surface area contributed by atoms with Gasteiger partial charge in [-0.05, 0) is 43.2 Å². The van der Waals surface area contributed by atoms with Crippen molar-refractivity contribution in [3.05, 3.63) is 63.3 Å². The van der Waals surface area contributed by atoms with Crippen LogP contribution in [0.1, 0.15) is 18.9 Å². The normalized spacial score (nSPS) is 13.3. The number of hydrogen-bond acceptors (Lipinski definition) is 5. The van der Waals surface area contributed by atoms with Gasteiger partial charge in [-0.2, -0.15) is 0 Å². The molecule has 0 saturated heterocycles. The number of carbonyl (C=O) groups excluding carboxylic acids is 1. The van der Waals surface area contributed by atoms with E-state index >= 15 is 0 Å². The molecule has 0 radical (unpaired) electrons. The lowest BCUT2D eigenvalue weighted by molar-refractivity contribution is -0.123. The van der Waals surface area contributed by atoms with Gasteiger partial charge < -0.3 is 10.1 Å². The van der Waals surface area contributed by atoms with Crippen molar-refractivity contribution in [2.75, 3.05) is 13.2 Å². The molecule has 156 valence electrons. The number of carbonyl (C=O) groups is 1. The molecule has 4 rings (SSSR count). The lowest BCUT2D eigenvalue weighted by atomic mass is 10.3. The first-order valence-corrected chi connectivity index (χ1v) is 10.2. The molecule has 1 saturated carbocycles. The van der Waals surface area contributed by atoms with Gasteiger partial charge >= 0.3 is 5.69 Å². The zero-order valence-electron chi connectivity index (χ0n) is 15.9. The third kappa shape index (κ3) is 4.66. The lowest BCUT2D eigenvalue weighted by Crippen LogP contribution is -2.34. The van der Waals surface area contributed by atoms with Gasteiger partial charge in [0.25, 0.3) is 5.91 Å². The van der Waals surface area contributed by atoms with Crippen LogP contribution in [0, 0.1) is 0 Å². The van der Waals surface area contributed by atoms with Crippen LogP contribution < -0.4 is 15.7 Å². The Labute approximate surface area is 182 Å². The Morgan fingerprint density at radius 1 is 1.27 bits per heavy atom. The number of halogens is 2. The smallest absolute Gasteiger partial charge is 0.346 e. The minimum atomic E-state index is -0.330. The summed E-state index contributed by atoms with van der Waals surface area (Å²) in [6.07, 6.45) is 5.28. The summed E-state index contributed by atoms with van der Waals surface area (Å²) in [6, 6.07) is 8.63. The van der Waals surface area contributed by atoms with Crippen LogP contribution in [-0.4, -0.2) is 38.4 Å². The van der Waals surface area contributed by atoms with E-state index in [2.05, 4.69) is 15.4 Å². The van der Waals surface area contributed by atoms with E-state index < -0.39 is 0 Å². The average molecular weight is 448 g/mol. The van der Waals surface area contributed by atoms with Gasteiger partial charge in [0.2, 0.25) is 0 Å². The van der Waals surface area contributed by atoms with Crippen LogP contribution in [0.3, 0.4) is 0 Å². The van der Waals surface area contributed by atoms with Crippen LogP contribution in [-0.2, 0) is 11.3 Å². The molecule has 1 N–H and O–H groups in total. The second-order valence-electron chi connectivity index (χ2n) is 6.89. The molecular weight excluding hydrogens is 429 g/mol. The van der Waals surface area contributed by atoms with E-state index in [-0.39, 0.29) is 37.3 Å². The summed E-state index contributed by atoms with van der Waals surface area (Å²) in [7, 11) is 0. The predicted molar refractivity (Wildman–Crippen MR) is 113 cm³/mol. The van der Waals surface area contributed by atoms with Gasteiger partial charge in [-0.25, -0.2) is 9.48 Å².